The van der Waals surface area contributed by atoms with Gasteiger partial charge >= 0.3 is 0 Å². The number of carbonyl (C=O) groups excluding carboxylic acids is 1. The van der Waals surface area contributed by atoms with Crippen molar-refractivity contribution in [2.45, 2.75) is 6.10 Å². The molecule has 1 heterocycles. The summed E-state index contributed by atoms with van der Waals surface area (Å²) >= 11 is 4.47. The first-order valence-electron chi connectivity index (χ1n) is 2.83. The first-order chi connectivity index (χ1) is 5.13. The number of carbonyl (C=O) groups is 1. The molecular formula is C6H6BrNO2S. The molecule has 5 heteroatoms. The predicted molar refractivity (Wildman–Crippen MR) is 46.2 cm³/mol. The van der Waals surface area contributed by atoms with Crippen LogP contribution >= 0.6 is 27.3 Å². The van der Waals surface area contributed by atoms with E-state index in [4.69, 9.17) is 5.73 Å². The summed E-state index contributed by atoms with van der Waals surface area (Å²) in [4.78, 5) is 11.1. The van der Waals surface area contributed by atoms with Crippen molar-refractivity contribution in [1.29, 1.82) is 0 Å². The third-order valence-corrected chi connectivity index (χ3v) is 3.09. The topological polar surface area (TPSA) is 63.3 Å². The Kier molecular flexibility index (Phi) is 2.64. The van der Waals surface area contributed by atoms with Crippen molar-refractivity contribution in [3.63, 3.8) is 0 Å². The zero-order chi connectivity index (χ0) is 8.43. The molecule has 1 aromatic heterocycles. The Morgan fingerprint density at radius 2 is 2.45 bits per heavy atom. The highest BCUT2D eigenvalue weighted by Gasteiger charge is 2.17. The van der Waals surface area contributed by atoms with Crippen molar-refractivity contribution in [2.24, 2.45) is 5.73 Å². The second kappa shape index (κ2) is 3.34. The monoisotopic (exact) mass is 235 g/mol. The van der Waals surface area contributed by atoms with Crippen LogP contribution in [0.25, 0.3) is 0 Å². The lowest BCUT2D eigenvalue weighted by molar-refractivity contribution is -0.126. The fraction of sp³-hybridized carbons (Fsp3) is 0.167. The maximum atomic E-state index is 10.5. The zero-order valence-electron chi connectivity index (χ0n) is 5.45. The molecule has 0 radical (unpaired) electrons. The molecule has 1 aromatic rings. The first-order valence-corrected chi connectivity index (χ1v) is 4.50. The van der Waals surface area contributed by atoms with Crippen LogP contribution in [0, 0.1) is 0 Å². The Balaban J connectivity index is 2.92. The van der Waals surface area contributed by atoms with E-state index in [-0.39, 0.29) is 0 Å². The van der Waals surface area contributed by atoms with Crippen molar-refractivity contribution in [3.8, 4) is 0 Å². The average Bonchev–Trinajstić information content (AvgIpc) is 2.33. The molecule has 0 aliphatic heterocycles. The highest BCUT2D eigenvalue weighted by Crippen LogP contribution is 2.28. The van der Waals surface area contributed by atoms with E-state index in [1.54, 1.807) is 11.4 Å². The normalized spacial score (nSPS) is 12.9. The number of hydrogen-bond acceptors (Lipinski definition) is 3. The zero-order valence-corrected chi connectivity index (χ0v) is 7.85. The molecule has 1 unspecified atom stereocenters. The molecule has 3 nitrogen and oxygen atoms in total. The number of nitrogens with two attached hydrogens (primary N) is 1. The van der Waals surface area contributed by atoms with E-state index < -0.39 is 12.0 Å². The van der Waals surface area contributed by atoms with E-state index in [9.17, 15) is 9.90 Å². The molecular weight excluding hydrogens is 230 g/mol. The number of thiophene rings is 1. The second-order valence-electron chi connectivity index (χ2n) is 1.94. The lowest BCUT2D eigenvalue weighted by atomic mass is 10.3. The third-order valence-electron chi connectivity index (χ3n) is 1.16. The average molecular weight is 236 g/mol. The van der Waals surface area contributed by atoms with Crippen molar-refractivity contribution >= 4 is 33.2 Å². The van der Waals surface area contributed by atoms with Crippen molar-refractivity contribution in [3.05, 3.63) is 20.8 Å². The van der Waals surface area contributed by atoms with Crippen molar-refractivity contribution < 1.29 is 9.90 Å². The van der Waals surface area contributed by atoms with Gasteiger partial charge in [0.2, 0.25) is 0 Å². The van der Waals surface area contributed by atoms with Gasteiger partial charge in [0.1, 0.15) is 0 Å². The molecule has 1 rings (SSSR count). The minimum absolute atomic E-state index is 0.553. The van der Waals surface area contributed by atoms with Gasteiger partial charge in [-0.25, -0.2) is 0 Å². The molecule has 0 aromatic carbocycles. The van der Waals surface area contributed by atoms with E-state index in [1.807, 2.05) is 0 Å². The van der Waals surface area contributed by atoms with Crippen molar-refractivity contribution in [1.82, 2.24) is 0 Å². The van der Waals surface area contributed by atoms with Crippen LogP contribution in [-0.4, -0.2) is 11.0 Å². The lowest BCUT2D eigenvalue weighted by Crippen LogP contribution is -2.20. The SMILES string of the molecule is NC(=O)C(O)c1sccc1Br. The maximum absolute atomic E-state index is 10.5. The molecule has 11 heavy (non-hydrogen) atoms. The summed E-state index contributed by atoms with van der Waals surface area (Å²) < 4.78 is 0.716. The minimum atomic E-state index is -1.19. The summed E-state index contributed by atoms with van der Waals surface area (Å²) in [6.07, 6.45) is -1.19. The predicted octanol–water partition coefficient (Wildman–Crippen LogP) is 1.03. The Labute approximate surface area is 76.0 Å². The molecule has 0 bridgehead atoms. The Morgan fingerprint density at radius 3 is 2.82 bits per heavy atom. The standard InChI is InChI=1S/C6H6BrNO2S/c7-3-1-2-11-5(3)4(9)6(8)10/h1-2,4,9H,(H2,8,10). The molecule has 1 atom stereocenters. The van der Waals surface area contributed by atoms with Gasteiger partial charge in [-0.05, 0) is 27.4 Å². The number of aliphatic hydroxyl groups excluding tert-OH is 1. The smallest absolute Gasteiger partial charge is 0.251 e. The number of aliphatic hydroxyl groups is 1. The number of primary amides is 1. The van der Waals surface area contributed by atoms with E-state index in [1.165, 1.54) is 11.3 Å². The Hall–Kier alpha value is -0.390. The Morgan fingerprint density at radius 1 is 1.82 bits per heavy atom. The molecule has 1 amide bonds. The highest BCUT2D eigenvalue weighted by molar-refractivity contribution is 9.10. The minimum Gasteiger partial charge on any atom is -0.378 e. The molecule has 60 valence electrons. The third kappa shape index (κ3) is 1.79. The summed E-state index contributed by atoms with van der Waals surface area (Å²) in [5.41, 5.74) is 4.89. The van der Waals surface area contributed by atoms with Gasteiger partial charge in [0, 0.05) is 4.47 Å². The van der Waals surface area contributed by atoms with E-state index in [0.29, 0.717) is 9.35 Å². The van der Waals surface area contributed by atoms with Crippen LogP contribution in [-0.2, 0) is 4.79 Å². The largest absolute Gasteiger partial charge is 0.378 e. The van der Waals surface area contributed by atoms with Gasteiger partial charge in [-0.15, -0.1) is 11.3 Å². The van der Waals surface area contributed by atoms with Gasteiger partial charge in [-0.2, -0.15) is 0 Å². The summed E-state index contributed by atoms with van der Waals surface area (Å²) in [6, 6.07) is 1.76. The molecule has 0 aliphatic rings. The molecule has 0 aliphatic carbocycles. The van der Waals surface area contributed by atoms with Gasteiger partial charge in [-0.1, -0.05) is 0 Å². The van der Waals surface area contributed by atoms with Crippen LogP contribution < -0.4 is 5.73 Å². The van der Waals surface area contributed by atoms with Crippen LogP contribution in [0.4, 0.5) is 0 Å². The first kappa shape index (κ1) is 8.70. The van der Waals surface area contributed by atoms with Gasteiger partial charge < -0.3 is 10.8 Å². The molecule has 3 N–H and O–H groups in total. The lowest BCUT2D eigenvalue weighted by Gasteiger charge is -2.02. The number of hydrogen-bond donors (Lipinski definition) is 2. The van der Waals surface area contributed by atoms with Gasteiger partial charge in [0.15, 0.2) is 6.10 Å². The van der Waals surface area contributed by atoms with Crippen LogP contribution in [0.5, 0.6) is 0 Å². The molecule has 0 saturated heterocycles. The van der Waals surface area contributed by atoms with Gasteiger partial charge in [0.05, 0.1) is 4.88 Å². The quantitative estimate of drug-likeness (QED) is 0.805. The highest BCUT2D eigenvalue weighted by atomic mass is 79.9. The van der Waals surface area contributed by atoms with Crippen LogP contribution in [0.2, 0.25) is 0 Å². The number of amides is 1. The second-order valence-corrected chi connectivity index (χ2v) is 3.74. The molecule has 0 saturated carbocycles. The van der Waals surface area contributed by atoms with Crippen LogP contribution in [0.15, 0.2) is 15.9 Å². The summed E-state index contributed by atoms with van der Waals surface area (Å²) in [7, 11) is 0. The van der Waals surface area contributed by atoms with Crippen LogP contribution in [0.3, 0.4) is 0 Å². The summed E-state index contributed by atoms with van der Waals surface area (Å²) in [5.74, 6) is -0.729. The maximum Gasteiger partial charge on any atom is 0.251 e. The fourth-order valence-corrected chi connectivity index (χ4v) is 2.21. The number of rotatable bonds is 2. The van der Waals surface area contributed by atoms with E-state index in [0.717, 1.165) is 0 Å². The molecule has 0 fully saturated rings. The molecule has 0 spiro atoms. The van der Waals surface area contributed by atoms with E-state index in [2.05, 4.69) is 15.9 Å². The fourth-order valence-electron chi connectivity index (χ4n) is 0.630. The summed E-state index contributed by atoms with van der Waals surface area (Å²) in [5, 5.41) is 10.9. The van der Waals surface area contributed by atoms with E-state index >= 15 is 0 Å². The Bertz CT molecular complexity index is 273. The van der Waals surface area contributed by atoms with Crippen LogP contribution in [0.1, 0.15) is 11.0 Å². The van der Waals surface area contributed by atoms with Crippen molar-refractivity contribution in [2.75, 3.05) is 0 Å². The summed E-state index contributed by atoms with van der Waals surface area (Å²) in [6.45, 7) is 0. The van der Waals surface area contributed by atoms with Gasteiger partial charge in [0.25, 0.3) is 5.91 Å². The van der Waals surface area contributed by atoms with Gasteiger partial charge in [-0.3, -0.25) is 4.79 Å². The number of halogens is 1.